The minimum atomic E-state index is -0.790. The molecule has 0 spiro atoms. The highest BCUT2D eigenvalue weighted by Crippen LogP contribution is 2.18. The van der Waals surface area contributed by atoms with Crippen molar-refractivity contribution in [1.29, 1.82) is 0 Å². The summed E-state index contributed by atoms with van der Waals surface area (Å²) in [7, 11) is 0. The molecule has 3 rings (SSSR count). The number of rotatable bonds is 7. The maximum Gasteiger partial charge on any atom is 0.337 e. The normalized spacial score (nSPS) is 10.8. The van der Waals surface area contributed by atoms with Crippen molar-refractivity contribution in [3.05, 3.63) is 91.9 Å². The molecule has 0 aliphatic heterocycles. The van der Waals surface area contributed by atoms with Gasteiger partial charge in [0, 0.05) is 10.6 Å². The molecule has 0 unspecified atom stereocenters. The van der Waals surface area contributed by atoms with E-state index in [1.165, 1.54) is 12.2 Å². The summed E-state index contributed by atoms with van der Waals surface area (Å²) in [4.78, 5) is 41.8. The van der Waals surface area contributed by atoms with E-state index >= 15 is 0 Å². The van der Waals surface area contributed by atoms with Gasteiger partial charge in [-0.15, -0.1) is 13.2 Å². The zero-order valence-electron chi connectivity index (χ0n) is 14.7. The van der Waals surface area contributed by atoms with Crippen LogP contribution in [0.2, 0.25) is 5.02 Å². The largest absolute Gasteiger partial charge is 0.337 e. The molecule has 2 aromatic heterocycles. The van der Waals surface area contributed by atoms with Gasteiger partial charge in [0.05, 0.1) is 13.1 Å². The molecule has 1 aromatic carbocycles. The van der Waals surface area contributed by atoms with E-state index in [1.807, 2.05) is 0 Å². The maximum atomic E-state index is 12.6. The summed E-state index contributed by atoms with van der Waals surface area (Å²) >= 11 is 5.86. The van der Waals surface area contributed by atoms with Crippen LogP contribution in [0.3, 0.4) is 0 Å². The Balaban J connectivity index is 2.05. The fourth-order valence-electron chi connectivity index (χ4n) is 2.56. The fourth-order valence-corrected chi connectivity index (χ4v) is 2.68. The van der Waals surface area contributed by atoms with E-state index in [0.717, 1.165) is 13.7 Å². The Morgan fingerprint density at radius 2 is 1.46 bits per heavy atom. The molecule has 0 atom stereocenters. The second kappa shape index (κ2) is 8.05. The third kappa shape index (κ3) is 3.65. The second-order valence-electron chi connectivity index (χ2n) is 5.75. The van der Waals surface area contributed by atoms with Gasteiger partial charge in [-0.3, -0.25) is 0 Å². The highest BCUT2D eigenvalue weighted by molar-refractivity contribution is 6.30. The number of hydrogen-bond donors (Lipinski definition) is 0. The van der Waals surface area contributed by atoms with E-state index in [-0.39, 0.29) is 31.3 Å². The molecule has 3 aromatic rings. The minimum absolute atomic E-state index is 0.0399. The first kappa shape index (κ1) is 19.3. The van der Waals surface area contributed by atoms with Crippen molar-refractivity contribution < 1.29 is 4.52 Å². The lowest BCUT2D eigenvalue weighted by Crippen LogP contribution is -2.54. The monoisotopic (exact) mass is 401 g/mol. The van der Waals surface area contributed by atoms with Gasteiger partial charge in [0.2, 0.25) is 11.7 Å². The van der Waals surface area contributed by atoms with Crippen LogP contribution >= 0.6 is 11.6 Å². The lowest BCUT2D eigenvalue weighted by Gasteiger charge is -2.10. The molecule has 144 valence electrons. The Morgan fingerprint density at radius 1 is 0.929 bits per heavy atom. The van der Waals surface area contributed by atoms with Gasteiger partial charge in [-0.2, -0.15) is 4.98 Å². The molecule has 0 N–H and O–H groups in total. The van der Waals surface area contributed by atoms with Crippen LogP contribution in [0, 0.1) is 0 Å². The molecule has 0 aliphatic rings. The number of aromatic nitrogens is 5. The molecule has 0 bridgehead atoms. The lowest BCUT2D eigenvalue weighted by molar-refractivity contribution is 0.360. The Hall–Kier alpha value is -3.46. The Kier molecular flexibility index (Phi) is 5.55. The molecule has 28 heavy (non-hydrogen) atoms. The fraction of sp³-hybridized carbons (Fsp3) is 0.167. The van der Waals surface area contributed by atoms with Gasteiger partial charge in [-0.25, -0.2) is 28.1 Å². The van der Waals surface area contributed by atoms with Crippen molar-refractivity contribution in [3.8, 4) is 11.4 Å². The smallest absolute Gasteiger partial charge is 0.337 e. The van der Waals surface area contributed by atoms with Crippen LogP contribution in [-0.2, 0) is 19.6 Å². The topological polar surface area (TPSA) is 105 Å². The van der Waals surface area contributed by atoms with Gasteiger partial charge in [0.15, 0.2) is 0 Å². The summed E-state index contributed by atoms with van der Waals surface area (Å²) in [5.41, 5.74) is -1.66. The SMILES string of the molecule is C=CCn1c(=O)n(CC=C)c(=O)n(Cc2nc(-c3ccc(Cl)cc3)no2)c1=O. The third-order valence-corrected chi connectivity index (χ3v) is 4.12. The van der Waals surface area contributed by atoms with Crippen LogP contribution in [0.25, 0.3) is 11.4 Å². The van der Waals surface area contributed by atoms with Gasteiger partial charge >= 0.3 is 17.1 Å². The van der Waals surface area contributed by atoms with Crippen LogP contribution in [0.4, 0.5) is 0 Å². The van der Waals surface area contributed by atoms with Crippen molar-refractivity contribution in [2.75, 3.05) is 0 Å². The molecule has 0 aliphatic carbocycles. The van der Waals surface area contributed by atoms with Crippen molar-refractivity contribution in [1.82, 2.24) is 23.8 Å². The summed E-state index contributed by atoms with van der Waals surface area (Å²) in [5.74, 6) is 0.323. The molecular weight excluding hydrogens is 386 g/mol. The first-order chi connectivity index (χ1) is 13.5. The molecule has 0 fully saturated rings. The molecule has 0 saturated carbocycles. The van der Waals surface area contributed by atoms with E-state index in [4.69, 9.17) is 16.1 Å². The Morgan fingerprint density at radius 3 is 2.00 bits per heavy atom. The van der Waals surface area contributed by atoms with Gasteiger partial charge < -0.3 is 4.52 Å². The third-order valence-electron chi connectivity index (χ3n) is 3.87. The van der Waals surface area contributed by atoms with Gasteiger partial charge in [0.25, 0.3) is 0 Å². The van der Waals surface area contributed by atoms with Crippen LogP contribution in [0.1, 0.15) is 5.89 Å². The summed E-state index contributed by atoms with van der Waals surface area (Å²) in [6.07, 6.45) is 2.78. The highest BCUT2D eigenvalue weighted by Gasteiger charge is 2.17. The number of halogens is 1. The van der Waals surface area contributed by atoms with E-state index in [0.29, 0.717) is 10.6 Å². The first-order valence-corrected chi connectivity index (χ1v) is 8.59. The van der Waals surface area contributed by atoms with Gasteiger partial charge in [0.1, 0.15) is 6.54 Å². The standard InChI is InChI=1S/C18H16ClN5O4/c1-3-9-22-16(25)23(10-4-2)18(27)24(17(22)26)11-14-20-15(21-28-14)12-5-7-13(19)8-6-12/h3-8H,1-2,9-11H2. The van der Waals surface area contributed by atoms with Crippen molar-refractivity contribution in [2.24, 2.45) is 0 Å². The molecule has 0 amide bonds. The van der Waals surface area contributed by atoms with Gasteiger partial charge in [-0.1, -0.05) is 28.9 Å². The van der Waals surface area contributed by atoms with Crippen LogP contribution in [0.5, 0.6) is 0 Å². The summed E-state index contributed by atoms with van der Waals surface area (Å²) in [5, 5.41) is 4.41. The molecule has 9 nitrogen and oxygen atoms in total. The van der Waals surface area contributed by atoms with E-state index < -0.39 is 17.1 Å². The van der Waals surface area contributed by atoms with Crippen LogP contribution in [-0.4, -0.2) is 23.8 Å². The molecule has 2 heterocycles. The van der Waals surface area contributed by atoms with E-state index in [9.17, 15) is 14.4 Å². The maximum absolute atomic E-state index is 12.6. The molecule has 0 radical (unpaired) electrons. The average molecular weight is 402 g/mol. The summed E-state index contributed by atoms with van der Waals surface area (Å²) in [6.45, 7) is 6.68. The summed E-state index contributed by atoms with van der Waals surface area (Å²) < 4.78 is 7.81. The van der Waals surface area contributed by atoms with Gasteiger partial charge in [-0.05, 0) is 24.3 Å². The van der Waals surface area contributed by atoms with Crippen LogP contribution < -0.4 is 17.1 Å². The molecule has 0 saturated heterocycles. The number of allylic oxidation sites excluding steroid dienone is 2. The predicted molar refractivity (Wildman–Crippen MR) is 103 cm³/mol. The second-order valence-corrected chi connectivity index (χ2v) is 6.19. The average Bonchev–Trinajstić information content (AvgIpc) is 3.15. The Labute approximate surface area is 163 Å². The predicted octanol–water partition coefficient (Wildman–Crippen LogP) is 1.30. The molecule has 10 heteroatoms. The minimum Gasteiger partial charge on any atom is -0.337 e. The molecular formula is C18H16ClN5O4. The zero-order valence-corrected chi connectivity index (χ0v) is 15.5. The van der Waals surface area contributed by atoms with Crippen molar-refractivity contribution in [2.45, 2.75) is 19.6 Å². The van der Waals surface area contributed by atoms with E-state index in [2.05, 4.69) is 23.3 Å². The number of hydrogen-bond acceptors (Lipinski definition) is 6. The first-order valence-electron chi connectivity index (χ1n) is 8.21. The quantitative estimate of drug-likeness (QED) is 0.552. The van der Waals surface area contributed by atoms with Crippen LogP contribution in [0.15, 0.2) is 68.5 Å². The van der Waals surface area contributed by atoms with E-state index in [1.54, 1.807) is 24.3 Å². The zero-order chi connectivity index (χ0) is 20.3. The van der Waals surface area contributed by atoms with Crippen molar-refractivity contribution >= 4 is 11.6 Å². The number of benzene rings is 1. The number of nitrogens with zero attached hydrogens (tertiary/aromatic N) is 5. The highest BCUT2D eigenvalue weighted by atomic mass is 35.5. The summed E-state index contributed by atoms with van der Waals surface area (Å²) in [6, 6.07) is 6.78. The lowest BCUT2D eigenvalue weighted by atomic mass is 10.2. The van der Waals surface area contributed by atoms with Crippen molar-refractivity contribution in [3.63, 3.8) is 0 Å². The Bertz CT molecular complexity index is 1150.